The summed E-state index contributed by atoms with van der Waals surface area (Å²) < 4.78 is 10.2. The Hall–Kier alpha value is -3.33. The maximum absolute atomic E-state index is 13.7. The average molecular weight is 489 g/mol. The number of carbonyl (C=O) groups excluding carboxylic acids is 3. The minimum absolute atomic E-state index is 0.139. The minimum Gasteiger partial charge on any atom is -0.494 e. The Balaban J connectivity index is 1.88. The van der Waals surface area contributed by atoms with Gasteiger partial charge in [-0.3, -0.25) is 9.59 Å². The molecule has 0 spiro atoms. The molecule has 0 unspecified atom stereocenters. The van der Waals surface area contributed by atoms with Crippen molar-refractivity contribution in [3.05, 3.63) is 52.8 Å². The van der Waals surface area contributed by atoms with Crippen molar-refractivity contribution in [2.75, 3.05) is 38.7 Å². The maximum atomic E-state index is 13.7. The van der Waals surface area contributed by atoms with Gasteiger partial charge < -0.3 is 25.0 Å². The molecule has 0 saturated carbocycles. The molecule has 1 aromatic heterocycles. The fraction of sp³-hybridized carbons (Fsp3) is 0.417. The first kappa shape index (κ1) is 25.3. The summed E-state index contributed by atoms with van der Waals surface area (Å²) in [4.78, 5) is 43.4. The highest BCUT2D eigenvalue weighted by Gasteiger charge is 2.53. The first-order chi connectivity index (χ1) is 16.2. The van der Waals surface area contributed by atoms with Gasteiger partial charge in [0.2, 0.25) is 5.91 Å². The fourth-order valence-electron chi connectivity index (χ4n) is 4.01. The van der Waals surface area contributed by atoms with Gasteiger partial charge in [0.15, 0.2) is 0 Å². The lowest BCUT2D eigenvalue weighted by molar-refractivity contribution is -0.142. The zero-order chi connectivity index (χ0) is 24.9. The second kappa shape index (κ2) is 10.7. The molecule has 9 nitrogen and oxygen atoms in total. The van der Waals surface area contributed by atoms with Crippen LogP contribution in [-0.2, 0) is 19.7 Å². The van der Waals surface area contributed by atoms with E-state index in [9.17, 15) is 14.4 Å². The summed E-state index contributed by atoms with van der Waals surface area (Å²) in [6, 6.07) is 8.79. The Bertz CT molecular complexity index is 1070. The van der Waals surface area contributed by atoms with Crippen LogP contribution >= 0.6 is 11.6 Å². The van der Waals surface area contributed by atoms with Crippen LogP contribution in [0.1, 0.15) is 37.8 Å². The summed E-state index contributed by atoms with van der Waals surface area (Å²) in [5.74, 6) is -0.270. The number of amides is 3. The van der Waals surface area contributed by atoms with Crippen molar-refractivity contribution in [1.82, 2.24) is 15.2 Å². The highest BCUT2D eigenvalue weighted by molar-refractivity contribution is 6.29. The van der Waals surface area contributed by atoms with Crippen molar-refractivity contribution >= 4 is 35.2 Å². The monoisotopic (exact) mass is 488 g/mol. The lowest BCUT2D eigenvalue weighted by Gasteiger charge is -2.49. The minimum atomic E-state index is -0.993. The number of ether oxygens (including phenoxy) is 2. The second-order valence-electron chi connectivity index (χ2n) is 8.31. The van der Waals surface area contributed by atoms with Gasteiger partial charge in [-0.2, -0.15) is 0 Å². The molecule has 0 radical (unpaired) electrons. The van der Waals surface area contributed by atoms with E-state index in [2.05, 4.69) is 29.5 Å². The molecule has 0 atom stereocenters. The van der Waals surface area contributed by atoms with Crippen LogP contribution in [0.4, 0.5) is 10.5 Å². The SMILES string of the molecule is CCOC(=O)CNC(=O)N1CC(C(=O)Nc2cnc(Cl)cc2OC)(c2ccccc2C(C)C)C1. The third kappa shape index (κ3) is 5.25. The van der Waals surface area contributed by atoms with Gasteiger partial charge in [-0.25, -0.2) is 9.78 Å². The standard InChI is InChI=1S/C24H29ClN4O5/c1-5-34-21(30)12-27-23(32)29-13-24(14-29,17-9-7-6-8-16(17)15(2)3)22(31)28-18-11-26-20(25)10-19(18)33-4/h6-11,15H,5,12-14H2,1-4H3,(H,27,32)(H,28,31). The van der Waals surface area contributed by atoms with Crippen molar-refractivity contribution in [3.8, 4) is 5.75 Å². The normalized spacial score (nSPS) is 14.2. The number of rotatable bonds is 8. The van der Waals surface area contributed by atoms with Gasteiger partial charge in [-0.15, -0.1) is 0 Å². The largest absolute Gasteiger partial charge is 0.494 e. The number of halogens is 1. The lowest BCUT2D eigenvalue weighted by Crippen LogP contribution is -2.68. The van der Waals surface area contributed by atoms with Crippen molar-refractivity contribution in [2.24, 2.45) is 0 Å². The number of hydrogen-bond donors (Lipinski definition) is 2. The number of nitrogens with one attached hydrogen (secondary N) is 2. The third-order valence-electron chi connectivity index (χ3n) is 5.73. The Morgan fingerprint density at radius 3 is 2.59 bits per heavy atom. The van der Waals surface area contributed by atoms with E-state index in [0.717, 1.165) is 11.1 Å². The summed E-state index contributed by atoms with van der Waals surface area (Å²) in [5, 5.41) is 5.69. The van der Waals surface area contributed by atoms with Gasteiger partial charge in [-0.05, 0) is 24.0 Å². The van der Waals surface area contributed by atoms with Crippen LogP contribution in [0.15, 0.2) is 36.5 Å². The molecule has 2 heterocycles. The number of benzene rings is 1. The maximum Gasteiger partial charge on any atom is 0.325 e. The molecule has 10 heteroatoms. The number of esters is 1. The molecular formula is C24H29ClN4O5. The van der Waals surface area contributed by atoms with Crippen LogP contribution in [0.5, 0.6) is 5.75 Å². The van der Waals surface area contributed by atoms with Crippen molar-refractivity contribution in [1.29, 1.82) is 0 Å². The summed E-state index contributed by atoms with van der Waals surface area (Å²) >= 11 is 5.95. The quantitative estimate of drug-likeness (QED) is 0.435. The number of methoxy groups -OCH3 is 1. The van der Waals surface area contributed by atoms with E-state index < -0.39 is 17.4 Å². The van der Waals surface area contributed by atoms with Gasteiger partial charge >= 0.3 is 12.0 Å². The van der Waals surface area contributed by atoms with Gasteiger partial charge in [0.1, 0.15) is 28.5 Å². The molecule has 2 N–H and O–H groups in total. The zero-order valence-electron chi connectivity index (χ0n) is 19.7. The Labute approximate surface area is 203 Å². The number of pyridine rings is 1. The van der Waals surface area contributed by atoms with Crippen molar-refractivity contribution in [2.45, 2.75) is 32.1 Å². The van der Waals surface area contributed by atoms with Crippen LogP contribution in [0, 0.1) is 0 Å². The zero-order valence-corrected chi connectivity index (χ0v) is 20.4. The smallest absolute Gasteiger partial charge is 0.325 e. The molecule has 2 aromatic rings. The van der Waals surface area contributed by atoms with Gasteiger partial charge in [0.05, 0.1) is 19.9 Å². The number of aromatic nitrogens is 1. The van der Waals surface area contributed by atoms with E-state index in [4.69, 9.17) is 21.1 Å². The fourth-order valence-corrected chi connectivity index (χ4v) is 4.16. The number of anilines is 1. The number of carbonyl (C=O) groups is 3. The highest BCUT2D eigenvalue weighted by atomic mass is 35.5. The number of urea groups is 1. The second-order valence-corrected chi connectivity index (χ2v) is 8.69. The third-order valence-corrected chi connectivity index (χ3v) is 5.94. The predicted molar refractivity (Wildman–Crippen MR) is 128 cm³/mol. The summed E-state index contributed by atoms with van der Waals surface area (Å²) in [5.41, 5.74) is 1.25. The van der Waals surface area contributed by atoms with E-state index in [1.165, 1.54) is 24.3 Å². The molecule has 3 rings (SSSR count). The van der Waals surface area contributed by atoms with Crippen LogP contribution in [0.25, 0.3) is 0 Å². The van der Waals surface area contributed by atoms with Crippen LogP contribution in [0.3, 0.4) is 0 Å². The molecule has 0 bridgehead atoms. The molecular weight excluding hydrogens is 460 g/mol. The molecule has 1 aromatic carbocycles. The van der Waals surface area contributed by atoms with E-state index in [0.29, 0.717) is 11.4 Å². The molecule has 34 heavy (non-hydrogen) atoms. The van der Waals surface area contributed by atoms with Gasteiger partial charge in [0.25, 0.3) is 0 Å². The van der Waals surface area contributed by atoms with Crippen LogP contribution < -0.4 is 15.4 Å². The Kier molecular flexibility index (Phi) is 7.98. The van der Waals surface area contributed by atoms with E-state index in [1.807, 2.05) is 24.3 Å². The summed E-state index contributed by atoms with van der Waals surface area (Å²) in [7, 11) is 1.48. The Morgan fingerprint density at radius 1 is 1.24 bits per heavy atom. The van der Waals surface area contributed by atoms with E-state index >= 15 is 0 Å². The predicted octanol–water partition coefficient (Wildman–Crippen LogP) is 3.33. The molecule has 1 fully saturated rings. The molecule has 0 aliphatic carbocycles. The molecule has 1 aliphatic heterocycles. The first-order valence-corrected chi connectivity index (χ1v) is 11.4. The summed E-state index contributed by atoms with van der Waals surface area (Å²) in [6.45, 7) is 6.08. The number of hydrogen-bond acceptors (Lipinski definition) is 6. The Morgan fingerprint density at radius 2 is 1.94 bits per heavy atom. The number of likely N-dealkylation sites (tertiary alicyclic amines) is 1. The van der Waals surface area contributed by atoms with Gasteiger partial charge in [0, 0.05) is 19.2 Å². The van der Waals surface area contributed by atoms with E-state index in [1.54, 1.807) is 6.92 Å². The lowest BCUT2D eigenvalue weighted by atomic mass is 9.69. The number of nitrogens with zero attached hydrogens (tertiary/aromatic N) is 2. The molecule has 3 amide bonds. The van der Waals surface area contributed by atoms with Gasteiger partial charge in [-0.1, -0.05) is 49.7 Å². The van der Waals surface area contributed by atoms with Crippen LogP contribution in [-0.4, -0.2) is 61.1 Å². The van der Waals surface area contributed by atoms with Crippen molar-refractivity contribution < 1.29 is 23.9 Å². The average Bonchev–Trinajstić information content (AvgIpc) is 2.78. The molecule has 182 valence electrons. The first-order valence-electron chi connectivity index (χ1n) is 11.0. The summed E-state index contributed by atoms with van der Waals surface area (Å²) in [6.07, 6.45) is 1.43. The molecule has 1 aliphatic rings. The highest BCUT2D eigenvalue weighted by Crippen LogP contribution is 2.40. The van der Waals surface area contributed by atoms with E-state index in [-0.39, 0.29) is 43.2 Å². The topological polar surface area (TPSA) is 110 Å². The molecule has 1 saturated heterocycles. The van der Waals surface area contributed by atoms with Crippen molar-refractivity contribution in [3.63, 3.8) is 0 Å². The van der Waals surface area contributed by atoms with Crippen LogP contribution in [0.2, 0.25) is 5.15 Å².